The first kappa shape index (κ1) is 18.8. The molecule has 0 radical (unpaired) electrons. The van der Waals surface area contributed by atoms with Gasteiger partial charge in [0.1, 0.15) is 12.0 Å². The van der Waals surface area contributed by atoms with Crippen molar-refractivity contribution in [3.63, 3.8) is 0 Å². The summed E-state index contributed by atoms with van der Waals surface area (Å²) in [6.07, 6.45) is -2.38. The van der Waals surface area contributed by atoms with Crippen LogP contribution in [-0.2, 0) is 10.0 Å². The number of furan rings is 1. The van der Waals surface area contributed by atoms with E-state index in [0.717, 1.165) is 24.3 Å². The second-order valence-electron chi connectivity index (χ2n) is 4.69. The molecule has 1 aromatic carbocycles. The Morgan fingerprint density at radius 2 is 1.96 bits per heavy atom. The Morgan fingerprint density at radius 3 is 2.60 bits per heavy atom. The standard InChI is InChI=1S/C14H13F3N2O5S/c15-14(16,17)24-11-2-1-3-12(8-11)25(21,22)19-6-5-18-13(20)10-4-7-23-9-10/h1-4,7-9,19H,5-6H2,(H,18,20). The number of alkyl halides is 3. The smallest absolute Gasteiger partial charge is 0.472 e. The van der Waals surface area contributed by atoms with E-state index in [2.05, 4.69) is 14.8 Å². The Kier molecular flexibility index (Phi) is 5.69. The Morgan fingerprint density at radius 1 is 1.20 bits per heavy atom. The lowest BCUT2D eigenvalue weighted by Gasteiger charge is -2.11. The van der Waals surface area contributed by atoms with Crippen molar-refractivity contribution >= 4 is 15.9 Å². The molecule has 1 amide bonds. The third kappa shape index (κ3) is 5.80. The van der Waals surface area contributed by atoms with E-state index in [0.29, 0.717) is 0 Å². The molecule has 0 saturated heterocycles. The minimum absolute atomic E-state index is 0.0258. The van der Waals surface area contributed by atoms with Crippen LogP contribution in [-0.4, -0.2) is 33.8 Å². The van der Waals surface area contributed by atoms with Gasteiger partial charge in [0.2, 0.25) is 10.0 Å². The molecular formula is C14H13F3N2O5S. The van der Waals surface area contributed by atoms with Crippen LogP contribution in [0.15, 0.2) is 52.2 Å². The fourth-order valence-electron chi connectivity index (χ4n) is 1.78. The van der Waals surface area contributed by atoms with Crippen LogP contribution >= 0.6 is 0 Å². The third-order valence-corrected chi connectivity index (χ3v) is 4.29. The van der Waals surface area contributed by atoms with E-state index < -0.39 is 32.9 Å². The lowest BCUT2D eigenvalue weighted by Crippen LogP contribution is -2.34. The van der Waals surface area contributed by atoms with E-state index in [-0.39, 0.29) is 18.7 Å². The molecule has 0 aliphatic carbocycles. The summed E-state index contributed by atoms with van der Waals surface area (Å²) < 4.78 is 71.2. The van der Waals surface area contributed by atoms with Gasteiger partial charge in [0, 0.05) is 19.2 Å². The maximum atomic E-state index is 12.2. The average Bonchev–Trinajstić information content (AvgIpc) is 3.04. The minimum Gasteiger partial charge on any atom is -0.472 e. The van der Waals surface area contributed by atoms with Crippen LogP contribution in [0.4, 0.5) is 13.2 Å². The molecule has 2 rings (SSSR count). The molecule has 2 aromatic rings. The van der Waals surface area contributed by atoms with Gasteiger partial charge in [-0.1, -0.05) is 6.07 Å². The predicted octanol–water partition coefficient (Wildman–Crippen LogP) is 1.89. The normalized spacial score (nSPS) is 12.0. The van der Waals surface area contributed by atoms with E-state index in [1.54, 1.807) is 0 Å². The van der Waals surface area contributed by atoms with Gasteiger partial charge in [-0.2, -0.15) is 0 Å². The molecule has 11 heteroatoms. The van der Waals surface area contributed by atoms with Crippen LogP contribution in [0.25, 0.3) is 0 Å². The number of sulfonamides is 1. The highest BCUT2D eigenvalue weighted by Gasteiger charge is 2.31. The number of halogens is 3. The number of amides is 1. The van der Waals surface area contributed by atoms with E-state index in [4.69, 9.17) is 4.42 Å². The SMILES string of the molecule is O=C(NCCNS(=O)(=O)c1cccc(OC(F)(F)F)c1)c1ccoc1. The number of hydrogen-bond acceptors (Lipinski definition) is 5. The Labute approximate surface area is 140 Å². The van der Waals surface area contributed by atoms with Gasteiger partial charge in [-0.25, -0.2) is 13.1 Å². The molecule has 7 nitrogen and oxygen atoms in total. The second-order valence-corrected chi connectivity index (χ2v) is 6.46. The molecule has 0 atom stereocenters. The zero-order valence-electron chi connectivity index (χ0n) is 12.5. The largest absolute Gasteiger partial charge is 0.573 e. The molecule has 0 spiro atoms. The molecule has 0 saturated carbocycles. The van der Waals surface area contributed by atoms with Crippen LogP contribution in [0.5, 0.6) is 5.75 Å². The number of hydrogen-bond donors (Lipinski definition) is 2. The van der Waals surface area contributed by atoms with Crippen LogP contribution in [0.3, 0.4) is 0 Å². The van der Waals surface area contributed by atoms with Crippen LogP contribution in [0, 0.1) is 0 Å². The van der Waals surface area contributed by atoms with E-state index >= 15 is 0 Å². The summed E-state index contributed by atoms with van der Waals surface area (Å²) >= 11 is 0. The first-order valence-electron chi connectivity index (χ1n) is 6.83. The first-order chi connectivity index (χ1) is 11.7. The van der Waals surface area contributed by atoms with E-state index in [1.165, 1.54) is 18.6 Å². The monoisotopic (exact) mass is 378 g/mol. The van der Waals surface area contributed by atoms with Crippen LogP contribution in [0.1, 0.15) is 10.4 Å². The van der Waals surface area contributed by atoms with Gasteiger partial charge in [0.15, 0.2) is 0 Å². The summed E-state index contributed by atoms with van der Waals surface area (Å²) in [5.74, 6) is -1.10. The van der Waals surface area contributed by atoms with Gasteiger partial charge in [0.05, 0.1) is 16.7 Å². The van der Waals surface area contributed by atoms with Crippen molar-refractivity contribution in [3.8, 4) is 5.75 Å². The molecular weight excluding hydrogens is 365 g/mol. The minimum atomic E-state index is -4.92. The summed E-state index contributed by atoms with van der Waals surface area (Å²) in [6.45, 7) is -0.182. The molecule has 0 aliphatic rings. The van der Waals surface area contributed by atoms with Gasteiger partial charge in [-0.3, -0.25) is 4.79 Å². The van der Waals surface area contributed by atoms with E-state index in [1.807, 2.05) is 0 Å². The lowest BCUT2D eigenvalue weighted by atomic mass is 10.3. The highest BCUT2D eigenvalue weighted by Crippen LogP contribution is 2.24. The summed E-state index contributed by atoms with van der Waals surface area (Å²) in [4.78, 5) is 11.2. The fourth-order valence-corrected chi connectivity index (χ4v) is 2.85. The van der Waals surface area contributed by atoms with Gasteiger partial charge in [-0.05, 0) is 18.2 Å². The van der Waals surface area contributed by atoms with Crippen molar-refractivity contribution in [2.45, 2.75) is 11.3 Å². The average molecular weight is 378 g/mol. The van der Waals surface area contributed by atoms with Crippen LogP contribution < -0.4 is 14.8 Å². The number of benzene rings is 1. The van der Waals surface area contributed by atoms with Gasteiger partial charge >= 0.3 is 6.36 Å². The zero-order chi connectivity index (χ0) is 18.5. The fraction of sp³-hybridized carbons (Fsp3) is 0.214. The topological polar surface area (TPSA) is 97.6 Å². The summed E-state index contributed by atoms with van der Waals surface area (Å²) in [7, 11) is -4.06. The summed E-state index contributed by atoms with van der Waals surface area (Å²) in [5, 5.41) is 2.45. The number of rotatable bonds is 7. The van der Waals surface area contributed by atoms with Crippen molar-refractivity contribution in [2.75, 3.05) is 13.1 Å². The Hall–Kier alpha value is -2.53. The van der Waals surface area contributed by atoms with Crippen molar-refractivity contribution < 1.29 is 35.5 Å². The molecule has 2 N–H and O–H groups in total. The number of nitrogens with one attached hydrogen (secondary N) is 2. The highest BCUT2D eigenvalue weighted by molar-refractivity contribution is 7.89. The lowest BCUT2D eigenvalue weighted by molar-refractivity contribution is -0.274. The summed E-state index contributed by atoms with van der Waals surface area (Å²) in [5.41, 5.74) is 0.278. The quantitative estimate of drug-likeness (QED) is 0.717. The molecule has 136 valence electrons. The van der Waals surface area contributed by atoms with Crippen molar-refractivity contribution in [1.29, 1.82) is 0 Å². The molecule has 0 bridgehead atoms. The highest BCUT2D eigenvalue weighted by atomic mass is 32.2. The number of carbonyl (C=O) groups excluding carboxylic acids is 1. The molecule has 1 heterocycles. The van der Waals surface area contributed by atoms with E-state index in [9.17, 15) is 26.4 Å². The third-order valence-electron chi connectivity index (χ3n) is 2.84. The maximum absolute atomic E-state index is 12.2. The molecule has 0 fully saturated rings. The van der Waals surface area contributed by atoms with Gasteiger partial charge in [0.25, 0.3) is 5.91 Å². The summed E-state index contributed by atoms with van der Waals surface area (Å²) in [6, 6.07) is 5.41. The van der Waals surface area contributed by atoms with Crippen LogP contribution in [0.2, 0.25) is 0 Å². The molecule has 25 heavy (non-hydrogen) atoms. The second kappa shape index (κ2) is 7.57. The van der Waals surface area contributed by atoms with Crippen molar-refractivity contribution in [2.24, 2.45) is 0 Å². The maximum Gasteiger partial charge on any atom is 0.573 e. The number of carbonyl (C=O) groups is 1. The number of ether oxygens (including phenoxy) is 1. The van der Waals surface area contributed by atoms with Gasteiger partial charge in [-0.15, -0.1) is 13.2 Å². The zero-order valence-corrected chi connectivity index (χ0v) is 13.4. The molecule has 0 unspecified atom stereocenters. The van der Waals surface area contributed by atoms with Crippen molar-refractivity contribution in [3.05, 3.63) is 48.4 Å². The van der Waals surface area contributed by atoms with Gasteiger partial charge < -0.3 is 14.5 Å². The Bertz CT molecular complexity index is 819. The van der Waals surface area contributed by atoms with Crippen molar-refractivity contribution in [1.82, 2.24) is 10.0 Å². The predicted molar refractivity (Wildman–Crippen MR) is 79.4 cm³/mol. The molecule has 1 aromatic heterocycles. The first-order valence-corrected chi connectivity index (χ1v) is 8.31. The molecule has 0 aliphatic heterocycles. The Balaban J connectivity index is 1.91.